The van der Waals surface area contributed by atoms with E-state index in [4.69, 9.17) is 0 Å². The first-order chi connectivity index (χ1) is 6.17. The summed E-state index contributed by atoms with van der Waals surface area (Å²) < 4.78 is 26.1. The Kier molecular flexibility index (Phi) is 2.88. The van der Waals surface area contributed by atoms with Gasteiger partial charge in [0, 0.05) is 5.56 Å². The minimum Gasteiger partial charge on any atom is -0.211 e. The predicted octanol–water partition coefficient (Wildman–Crippen LogP) is 2.11. The third kappa shape index (κ3) is 2.46. The highest BCUT2D eigenvalue weighted by Gasteiger charge is 2.30. The second-order valence-electron chi connectivity index (χ2n) is 2.48. The summed E-state index contributed by atoms with van der Waals surface area (Å²) in [6.07, 6.45) is 1.09. The number of hydrogen-bond acceptors (Lipinski definition) is 2. The quantitative estimate of drug-likeness (QED) is 0.521. The van der Waals surface area contributed by atoms with Gasteiger partial charge in [0.15, 0.2) is 0 Å². The Bertz CT molecular complexity index is 318. The van der Waals surface area contributed by atoms with Crippen molar-refractivity contribution in [2.45, 2.75) is 5.92 Å². The van der Waals surface area contributed by atoms with Crippen molar-refractivity contribution in [3.05, 3.63) is 35.9 Å². The summed E-state index contributed by atoms with van der Waals surface area (Å²) in [6, 6.07) is 7.24. The summed E-state index contributed by atoms with van der Waals surface area (Å²) in [6.45, 7) is -0.847. The van der Waals surface area contributed by atoms with Crippen molar-refractivity contribution >= 4 is 6.08 Å². The number of carbonyl (C=O) groups excluding carboxylic acids is 1. The van der Waals surface area contributed by atoms with Crippen LogP contribution in [-0.2, 0) is 10.7 Å². The molecule has 1 aromatic rings. The first-order valence-corrected chi connectivity index (χ1v) is 3.64. The Morgan fingerprint density at radius 3 is 2.46 bits per heavy atom. The van der Waals surface area contributed by atoms with E-state index in [0.717, 1.165) is 6.08 Å². The molecule has 0 aromatic heterocycles. The molecule has 0 saturated carbocycles. The molecule has 0 N–H and O–H groups in total. The summed E-state index contributed by atoms with van der Waals surface area (Å²) in [5.74, 6) is -3.08. The average molecular weight is 183 g/mol. The van der Waals surface area contributed by atoms with Crippen molar-refractivity contribution in [3.63, 3.8) is 0 Å². The molecular formula is C9H7F2NO. The lowest BCUT2D eigenvalue weighted by Crippen LogP contribution is -2.17. The van der Waals surface area contributed by atoms with Crippen LogP contribution in [0, 0.1) is 0 Å². The fourth-order valence-electron chi connectivity index (χ4n) is 0.905. The minimum atomic E-state index is -3.08. The molecule has 2 nitrogen and oxygen atoms in total. The van der Waals surface area contributed by atoms with Crippen LogP contribution in [0.4, 0.5) is 8.78 Å². The lowest BCUT2D eigenvalue weighted by molar-refractivity contribution is 0.00655. The molecule has 68 valence electrons. The molecule has 0 aliphatic rings. The first-order valence-electron chi connectivity index (χ1n) is 3.64. The van der Waals surface area contributed by atoms with E-state index in [1.165, 1.54) is 24.3 Å². The maximum atomic E-state index is 13.1. The van der Waals surface area contributed by atoms with Crippen LogP contribution in [0.1, 0.15) is 5.56 Å². The SMILES string of the molecule is O=C=NCC(F)(F)c1ccccc1. The number of hydrogen-bond donors (Lipinski definition) is 0. The molecule has 4 heteroatoms. The molecule has 0 spiro atoms. The van der Waals surface area contributed by atoms with Crippen molar-refractivity contribution < 1.29 is 13.6 Å². The van der Waals surface area contributed by atoms with Gasteiger partial charge in [0.2, 0.25) is 6.08 Å². The van der Waals surface area contributed by atoms with Crippen molar-refractivity contribution in [1.82, 2.24) is 0 Å². The van der Waals surface area contributed by atoms with E-state index in [0.29, 0.717) is 0 Å². The van der Waals surface area contributed by atoms with Crippen molar-refractivity contribution in [2.75, 3.05) is 6.54 Å². The molecule has 0 aliphatic carbocycles. The van der Waals surface area contributed by atoms with E-state index in [2.05, 4.69) is 4.99 Å². The number of halogens is 2. The van der Waals surface area contributed by atoms with Crippen LogP contribution in [0.25, 0.3) is 0 Å². The second-order valence-corrected chi connectivity index (χ2v) is 2.48. The molecule has 0 unspecified atom stereocenters. The maximum Gasteiger partial charge on any atom is 0.293 e. The van der Waals surface area contributed by atoms with Gasteiger partial charge in [-0.1, -0.05) is 30.3 Å². The van der Waals surface area contributed by atoms with Gasteiger partial charge in [-0.2, -0.15) is 13.8 Å². The number of alkyl halides is 2. The molecule has 0 radical (unpaired) electrons. The van der Waals surface area contributed by atoms with Gasteiger partial charge >= 0.3 is 0 Å². The molecule has 13 heavy (non-hydrogen) atoms. The van der Waals surface area contributed by atoms with Gasteiger partial charge in [-0.15, -0.1) is 0 Å². The molecular weight excluding hydrogens is 176 g/mol. The largest absolute Gasteiger partial charge is 0.293 e. The van der Waals surface area contributed by atoms with E-state index in [1.54, 1.807) is 6.07 Å². The normalized spacial score (nSPS) is 10.6. The van der Waals surface area contributed by atoms with Crippen molar-refractivity contribution in [3.8, 4) is 0 Å². The summed E-state index contributed by atoms with van der Waals surface area (Å²) >= 11 is 0. The number of rotatable bonds is 3. The molecule has 0 heterocycles. The Labute approximate surface area is 73.9 Å². The molecule has 0 atom stereocenters. The lowest BCUT2D eigenvalue weighted by atomic mass is 10.1. The molecule has 1 rings (SSSR count). The average Bonchev–Trinajstić information content (AvgIpc) is 2.16. The smallest absolute Gasteiger partial charge is 0.211 e. The Morgan fingerprint density at radius 1 is 1.31 bits per heavy atom. The zero-order valence-electron chi connectivity index (χ0n) is 6.71. The highest BCUT2D eigenvalue weighted by Crippen LogP contribution is 2.27. The van der Waals surface area contributed by atoms with Crippen LogP contribution in [-0.4, -0.2) is 12.6 Å². The van der Waals surface area contributed by atoms with Crippen LogP contribution >= 0.6 is 0 Å². The van der Waals surface area contributed by atoms with E-state index >= 15 is 0 Å². The highest BCUT2D eigenvalue weighted by molar-refractivity contribution is 5.33. The van der Waals surface area contributed by atoms with Gasteiger partial charge in [-0.05, 0) is 0 Å². The number of benzene rings is 1. The van der Waals surface area contributed by atoms with E-state index < -0.39 is 12.5 Å². The molecule has 0 amide bonds. The summed E-state index contributed by atoms with van der Waals surface area (Å²) in [5.41, 5.74) is -0.144. The van der Waals surface area contributed by atoms with Gasteiger partial charge in [-0.25, -0.2) is 4.79 Å². The Hall–Kier alpha value is -1.54. The number of isocyanates is 1. The Balaban J connectivity index is 2.87. The van der Waals surface area contributed by atoms with Crippen LogP contribution in [0.15, 0.2) is 35.3 Å². The second kappa shape index (κ2) is 3.92. The van der Waals surface area contributed by atoms with Gasteiger partial charge in [0.1, 0.15) is 6.54 Å². The van der Waals surface area contributed by atoms with Gasteiger partial charge in [-0.3, -0.25) is 0 Å². The third-order valence-corrected chi connectivity index (χ3v) is 1.54. The van der Waals surface area contributed by atoms with Gasteiger partial charge < -0.3 is 0 Å². The van der Waals surface area contributed by atoms with Crippen LogP contribution in [0.2, 0.25) is 0 Å². The number of nitrogens with zero attached hydrogens (tertiary/aromatic N) is 1. The monoisotopic (exact) mass is 183 g/mol. The van der Waals surface area contributed by atoms with Crippen LogP contribution in [0.5, 0.6) is 0 Å². The van der Waals surface area contributed by atoms with Crippen molar-refractivity contribution in [1.29, 1.82) is 0 Å². The lowest BCUT2D eigenvalue weighted by Gasteiger charge is -2.12. The van der Waals surface area contributed by atoms with Gasteiger partial charge in [0.25, 0.3) is 5.92 Å². The van der Waals surface area contributed by atoms with E-state index in [1.807, 2.05) is 0 Å². The molecule has 1 aromatic carbocycles. The third-order valence-electron chi connectivity index (χ3n) is 1.54. The van der Waals surface area contributed by atoms with Gasteiger partial charge in [0.05, 0.1) is 0 Å². The summed E-state index contributed by atoms with van der Waals surface area (Å²) in [5, 5.41) is 0. The van der Waals surface area contributed by atoms with E-state index in [9.17, 15) is 13.6 Å². The maximum absolute atomic E-state index is 13.1. The molecule has 0 saturated heterocycles. The molecule has 0 aliphatic heterocycles. The topological polar surface area (TPSA) is 29.4 Å². The molecule has 0 fully saturated rings. The van der Waals surface area contributed by atoms with Crippen LogP contribution in [0.3, 0.4) is 0 Å². The number of aliphatic imine (C=N–C) groups is 1. The fraction of sp³-hybridized carbons (Fsp3) is 0.222. The van der Waals surface area contributed by atoms with Crippen molar-refractivity contribution in [2.24, 2.45) is 4.99 Å². The zero-order valence-corrected chi connectivity index (χ0v) is 6.71. The highest BCUT2D eigenvalue weighted by atomic mass is 19.3. The summed E-state index contributed by atoms with van der Waals surface area (Å²) in [4.78, 5) is 12.5. The van der Waals surface area contributed by atoms with Crippen LogP contribution < -0.4 is 0 Å². The fourth-order valence-corrected chi connectivity index (χ4v) is 0.905. The molecule has 0 bridgehead atoms. The zero-order chi connectivity index (χ0) is 9.73. The Morgan fingerprint density at radius 2 is 1.92 bits per heavy atom. The van der Waals surface area contributed by atoms with E-state index in [-0.39, 0.29) is 5.56 Å². The first kappa shape index (κ1) is 9.55. The standard InChI is InChI=1S/C9H7F2NO/c10-9(11,6-12-7-13)8-4-2-1-3-5-8/h1-5H,6H2. The predicted molar refractivity (Wildman–Crippen MR) is 43.3 cm³/mol. The summed E-state index contributed by atoms with van der Waals surface area (Å²) in [7, 11) is 0. The minimum absolute atomic E-state index is 0.144.